The lowest BCUT2D eigenvalue weighted by Crippen LogP contribution is -2.40. The summed E-state index contributed by atoms with van der Waals surface area (Å²) in [5, 5.41) is 0.509. The van der Waals surface area contributed by atoms with Gasteiger partial charge in [-0.3, -0.25) is 14.2 Å². The molecular weight excluding hydrogens is 394 g/mol. The largest absolute Gasteiger partial charge is 0.449 e. The number of aryl methyl sites for hydroxylation is 1. The SMILES string of the molecule is CC(OC(=O)c1ccc2c(=O)n3c(nc2c1)CCCCCC3)C(=O)N1CCCCCC1. The van der Waals surface area contributed by atoms with E-state index in [9.17, 15) is 14.4 Å². The second kappa shape index (κ2) is 9.62. The highest BCUT2D eigenvalue weighted by Crippen LogP contribution is 2.18. The Balaban J connectivity index is 1.53. The second-order valence-electron chi connectivity index (χ2n) is 8.67. The third kappa shape index (κ3) is 4.81. The van der Waals surface area contributed by atoms with E-state index in [0.717, 1.165) is 76.7 Å². The van der Waals surface area contributed by atoms with Crippen LogP contribution in [-0.4, -0.2) is 45.5 Å². The van der Waals surface area contributed by atoms with Gasteiger partial charge in [-0.05, 0) is 50.8 Å². The van der Waals surface area contributed by atoms with E-state index in [2.05, 4.69) is 0 Å². The van der Waals surface area contributed by atoms with E-state index in [-0.39, 0.29) is 11.5 Å². The van der Waals surface area contributed by atoms with Crippen molar-refractivity contribution in [3.05, 3.63) is 39.9 Å². The summed E-state index contributed by atoms with van der Waals surface area (Å²) >= 11 is 0. The minimum atomic E-state index is -0.837. The molecule has 0 aliphatic carbocycles. The van der Waals surface area contributed by atoms with Crippen LogP contribution in [0.3, 0.4) is 0 Å². The lowest BCUT2D eigenvalue weighted by molar-refractivity contribution is -0.139. The van der Waals surface area contributed by atoms with E-state index in [0.29, 0.717) is 23.0 Å². The van der Waals surface area contributed by atoms with E-state index in [1.165, 1.54) is 0 Å². The van der Waals surface area contributed by atoms with Gasteiger partial charge < -0.3 is 9.64 Å². The first-order valence-corrected chi connectivity index (χ1v) is 11.6. The molecule has 7 heteroatoms. The third-order valence-electron chi connectivity index (χ3n) is 6.35. The van der Waals surface area contributed by atoms with Crippen molar-refractivity contribution < 1.29 is 14.3 Å². The Kier molecular flexibility index (Phi) is 6.68. The Morgan fingerprint density at radius 2 is 1.65 bits per heavy atom. The highest BCUT2D eigenvalue weighted by Gasteiger charge is 2.25. The number of amides is 1. The van der Waals surface area contributed by atoms with Crippen molar-refractivity contribution in [1.82, 2.24) is 14.5 Å². The lowest BCUT2D eigenvalue weighted by Gasteiger charge is -2.24. The Bertz CT molecular complexity index is 1020. The molecular formula is C24H31N3O4. The molecule has 0 saturated carbocycles. The van der Waals surface area contributed by atoms with Crippen molar-refractivity contribution in [2.24, 2.45) is 0 Å². The van der Waals surface area contributed by atoms with Crippen LogP contribution in [0.15, 0.2) is 23.0 Å². The molecule has 0 N–H and O–H groups in total. The molecule has 4 rings (SSSR count). The number of ether oxygens (including phenoxy) is 1. The van der Waals surface area contributed by atoms with E-state index in [1.54, 1.807) is 34.6 Å². The zero-order valence-electron chi connectivity index (χ0n) is 18.3. The highest BCUT2D eigenvalue weighted by atomic mass is 16.5. The Labute approximate surface area is 182 Å². The summed E-state index contributed by atoms with van der Waals surface area (Å²) in [5.41, 5.74) is 0.773. The number of esters is 1. The molecule has 0 spiro atoms. The van der Waals surface area contributed by atoms with Crippen molar-refractivity contribution in [3.8, 4) is 0 Å². The van der Waals surface area contributed by atoms with Crippen LogP contribution >= 0.6 is 0 Å². The number of likely N-dealkylation sites (tertiary alicyclic amines) is 1. The number of rotatable bonds is 3. The van der Waals surface area contributed by atoms with Crippen LogP contribution in [0.2, 0.25) is 0 Å². The van der Waals surface area contributed by atoms with Crippen LogP contribution in [0.5, 0.6) is 0 Å². The number of fused-ring (bicyclic) bond motifs is 2. The summed E-state index contributed by atoms with van der Waals surface area (Å²) in [6, 6.07) is 4.85. The maximum absolute atomic E-state index is 12.9. The molecule has 1 saturated heterocycles. The topological polar surface area (TPSA) is 81.5 Å². The van der Waals surface area contributed by atoms with Crippen molar-refractivity contribution in [2.45, 2.75) is 77.4 Å². The van der Waals surface area contributed by atoms with Crippen LogP contribution in [0.4, 0.5) is 0 Å². The van der Waals surface area contributed by atoms with Crippen LogP contribution in [0.1, 0.15) is 74.5 Å². The molecule has 2 aliphatic rings. The summed E-state index contributed by atoms with van der Waals surface area (Å²) in [5.74, 6) is 0.0763. The predicted octanol–water partition coefficient (Wildman–Crippen LogP) is 3.46. The molecule has 1 atom stereocenters. The molecule has 1 aromatic heterocycles. The predicted molar refractivity (Wildman–Crippen MR) is 118 cm³/mol. The second-order valence-corrected chi connectivity index (χ2v) is 8.67. The van der Waals surface area contributed by atoms with Gasteiger partial charge in [0.1, 0.15) is 5.82 Å². The van der Waals surface area contributed by atoms with Crippen molar-refractivity contribution >= 4 is 22.8 Å². The molecule has 1 amide bonds. The fraction of sp³-hybridized carbons (Fsp3) is 0.583. The number of hydrogen-bond acceptors (Lipinski definition) is 5. The van der Waals surface area contributed by atoms with Crippen LogP contribution in [0, 0.1) is 0 Å². The molecule has 0 radical (unpaired) electrons. The zero-order chi connectivity index (χ0) is 21.8. The van der Waals surface area contributed by atoms with Gasteiger partial charge in [-0.15, -0.1) is 0 Å². The Hall–Kier alpha value is -2.70. The summed E-state index contributed by atoms with van der Waals surface area (Å²) in [4.78, 5) is 44.9. The summed E-state index contributed by atoms with van der Waals surface area (Å²) in [6.45, 7) is 3.75. The number of carbonyl (C=O) groups is 2. The van der Waals surface area contributed by atoms with E-state index in [4.69, 9.17) is 9.72 Å². The molecule has 0 bridgehead atoms. The number of benzene rings is 1. The van der Waals surface area contributed by atoms with Crippen molar-refractivity contribution in [3.63, 3.8) is 0 Å². The number of aromatic nitrogens is 2. The number of carbonyl (C=O) groups excluding carboxylic acids is 2. The maximum atomic E-state index is 12.9. The molecule has 2 aromatic rings. The fourth-order valence-electron chi connectivity index (χ4n) is 4.55. The fourth-order valence-corrected chi connectivity index (χ4v) is 4.55. The zero-order valence-corrected chi connectivity index (χ0v) is 18.3. The van der Waals surface area contributed by atoms with Gasteiger partial charge >= 0.3 is 5.97 Å². The van der Waals surface area contributed by atoms with Gasteiger partial charge in [0.05, 0.1) is 16.5 Å². The van der Waals surface area contributed by atoms with Gasteiger partial charge in [0, 0.05) is 26.1 Å². The first-order chi connectivity index (χ1) is 15.0. The Morgan fingerprint density at radius 3 is 2.39 bits per heavy atom. The van der Waals surface area contributed by atoms with Crippen molar-refractivity contribution in [1.29, 1.82) is 0 Å². The summed E-state index contributed by atoms with van der Waals surface area (Å²) in [6.07, 6.45) is 8.43. The van der Waals surface area contributed by atoms with Gasteiger partial charge in [0.15, 0.2) is 6.10 Å². The molecule has 1 fully saturated rings. The number of hydrogen-bond donors (Lipinski definition) is 0. The minimum absolute atomic E-state index is 0.0495. The third-order valence-corrected chi connectivity index (χ3v) is 6.35. The molecule has 3 heterocycles. The standard InChI is InChI=1S/C24H31N3O4/c1-17(22(28)26-13-7-4-5-8-14-26)31-24(30)18-11-12-19-20(16-18)25-21-10-6-2-3-9-15-27(21)23(19)29/h11-12,16-17H,2-10,13-15H2,1H3. The van der Waals surface area contributed by atoms with Crippen LogP contribution in [-0.2, 0) is 22.5 Å². The maximum Gasteiger partial charge on any atom is 0.338 e. The van der Waals surface area contributed by atoms with Gasteiger partial charge in [-0.1, -0.05) is 25.7 Å². The van der Waals surface area contributed by atoms with Crippen LogP contribution < -0.4 is 5.56 Å². The van der Waals surface area contributed by atoms with Gasteiger partial charge in [0.2, 0.25) is 0 Å². The first-order valence-electron chi connectivity index (χ1n) is 11.6. The average Bonchev–Trinajstić information content (AvgIpc) is 3.03. The van der Waals surface area contributed by atoms with Crippen molar-refractivity contribution in [2.75, 3.05) is 13.1 Å². The molecule has 1 aromatic carbocycles. The molecule has 1 unspecified atom stereocenters. The smallest absolute Gasteiger partial charge is 0.338 e. The van der Waals surface area contributed by atoms with E-state index < -0.39 is 12.1 Å². The summed E-state index contributed by atoms with van der Waals surface area (Å²) in [7, 11) is 0. The molecule has 2 aliphatic heterocycles. The van der Waals surface area contributed by atoms with Gasteiger partial charge in [-0.25, -0.2) is 9.78 Å². The van der Waals surface area contributed by atoms with E-state index in [1.807, 2.05) is 0 Å². The van der Waals surface area contributed by atoms with E-state index >= 15 is 0 Å². The average molecular weight is 426 g/mol. The molecule has 166 valence electrons. The van der Waals surface area contributed by atoms with Gasteiger partial charge in [-0.2, -0.15) is 0 Å². The minimum Gasteiger partial charge on any atom is -0.449 e. The monoisotopic (exact) mass is 425 g/mol. The summed E-state index contributed by atoms with van der Waals surface area (Å²) < 4.78 is 7.26. The van der Waals surface area contributed by atoms with Gasteiger partial charge in [0.25, 0.3) is 11.5 Å². The Morgan fingerprint density at radius 1 is 0.968 bits per heavy atom. The van der Waals surface area contributed by atoms with Crippen LogP contribution in [0.25, 0.3) is 10.9 Å². The lowest BCUT2D eigenvalue weighted by atomic mass is 10.1. The number of nitrogens with zero attached hydrogens (tertiary/aromatic N) is 3. The molecule has 7 nitrogen and oxygen atoms in total. The molecule has 31 heavy (non-hydrogen) atoms. The highest BCUT2D eigenvalue weighted by molar-refractivity contribution is 5.95. The normalized spacial score (nSPS) is 18.4. The quantitative estimate of drug-likeness (QED) is 0.704. The first kappa shape index (κ1) is 21.5.